The molecule has 14 heteroatoms. The lowest BCUT2D eigenvalue weighted by atomic mass is 10.3. The van der Waals surface area contributed by atoms with Crippen LogP contribution in [0.5, 0.6) is 11.5 Å². The van der Waals surface area contributed by atoms with Crippen LogP contribution in [0, 0.1) is 10.1 Å². The molecular formula is C8H3ClF5NO6S. The van der Waals surface area contributed by atoms with E-state index in [2.05, 4.69) is 9.47 Å². The Balaban J connectivity index is 3.62. The molecule has 0 fully saturated rings. The highest BCUT2D eigenvalue weighted by molar-refractivity contribution is 8.13. The lowest BCUT2D eigenvalue weighted by molar-refractivity contribution is -0.386. The van der Waals surface area contributed by atoms with Crippen LogP contribution in [0.15, 0.2) is 17.0 Å². The highest BCUT2D eigenvalue weighted by Crippen LogP contribution is 2.40. The van der Waals surface area contributed by atoms with Crippen molar-refractivity contribution in [2.45, 2.75) is 17.9 Å². The van der Waals surface area contributed by atoms with Crippen molar-refractivity contribution in [3.05, 3.63) is 22.2 Å². The molecule has 1 rings (SSSR count). The van der Waals surface area contributed by atoms with Crippen LogP contribution in [0.2, 0.25) is 0 Å². The first-order valence-corrected chi connectivity index (χ1v) is 7.10. The predicted octanol–water partition coefficient (Wildman–Crippen LogP) is 3.02. The highest BCUT2D eigenvalue weighted by Gasteiger charge is 2.36. The summed E-state index contributed by atoms with van der Waals surface area (Å²) in [5.41, 5.74) is -1.34. The zero-order valence-electron chi connectivity index (χ0n) is 9.80. The van der Waals surface area contributed by atoms with Gasteiger partial charge < -0.3 is 9.47 Å². The van der Waals surface area contributed by atoms with Gasteiger partial charge in [0.15, 0.2) is 5.75 Å². The first-order chi connectivity index (χ1) is 9.81. The molecule has 0 saturated carbocycles. The van der Waals surface area contributed by atoms with Gasteiger partial charge >= 0.3 is 18.7 Å². The fraction of sp³-hybridized carbons (Fsp3) is 0.250. The van der Waals surface area contributed by atoms with Gasteiger partial charge in [-0.15, -0.1) is 13.2 Å². The largest absolute Gasteiger partial charge is 0.573 e. The van der Waals surface area contributed by atoms with Crippen LogP contribution in [0.3, 0.4) is 0 Å². The summed E-state index contributed by atoms with van der Waals surface area (Å²) in [6.07, 6.45) is -5.41. The Morgan fingerprint density at radius 2 is 1.77 bits per heavy atom. The average molecular weight is 372 g/mol. The van der Waals surface area contributed by atoms with E-state index in [9.17, 15) is 40.5 Å². The Hall–Kier alpha value is -1.89. The molecule has 0 bridgehead atoms. The molecule has 1 aromatic carbocycles. The molecule has 1 aromatic rings. The lowest BCUT2D eigenvalue weighted by Gasteiger charge is -2.13. The maximum absolute atomic E-state index is 12.2. The Bertz CT molecular complexity index is 691. The highest BCUT2D eigenvalue weighted by atomic mass is 35.7. The van der Waals surface area contributed by atoms with E-state index >= 15 is 0 Å². The lowest BCUT2D eigenvalue weighted by Crippen LogP contribution is -2.19. The van der Waals surface area contributed by atoms with E-state index in [1.165, 1.54) is 0 Å². The van der Waals surface area contributed by atoms with Crippen molar-refractivity contribution >= 4 is 25.4 Å². The molecule has 0 spiro atoms. The van der Waals surface area contributed by atoms with Crippen molar-refractivity contribution < 1.29 is 44.8 Å². The van der Waals surface area contributed by atoms with Gasteiger partial charge in [-0.1, -0.05) is 0 Å². The maximum Gasteiger partial charge on any atom is 0.573 e. The van der Waals surface area contributed by atoms with Gasteiger partial charge in [-0.2, -0.15) is 8.78 Å². The topological polar surface area (TPSA) is 95.7 Å². The van der Waals surface area contributed by atoms with Crippen molar-refractivity contribution in [1.82, 2.24) is 0 Å². The second-order valence-corrected chi connectivity index (χ2v) is 5.92. The molecule has 0 aliphatic rings. The average Bonchev–Trinajstić information content (AvgIpc) is 2.23. The third-order valence-electron chi connectivity index (χ3n) is 1.93. The van der Waals surface area contributed by atoms with Crippen LogP contribution in [0.25, 0.3) is 0 Å². The molecule has 22 heavy (non-hydrogen) atoms. The van der Waals surface area contributed by atoms with Crippen molar-refractivity contribution in [3.63, 3.8) is 0 Å². The normalized spacial score (nSPS) is 12.3. The number of ether oxygens (including phenoxy) is 2. The van der Waals surface area contributed by atoms with E-state index in [1.54, 1.807) is 0 Å². The SMILES string of the molecule is O=[N+]([O-])c1cc(S(=O)(=O)Cl)c(OC(F)(F)F)cc1OC(F)F. The van der Waals surface area contributed by atoms with E-state index in [-0.39, 0.29) is 12.1 Å². The molecule has 7 nitrogen and oxygen atoms in total. The number of nitro groups is 1. The Morgan fingerprint density at radius 1 is 1.23 bits per heavy atom. The van der Waals surface area contributed by atoms with Gasteiger partial charge in [-0.25, -0.2) is 8.42 Å². The summed E-state index contributed by atoms with van der Waals surface area (Å²) in [5, 5.41) is 10.7. The quantitative estimate of drug-likeness (QED) is 0.342. The van der Waals surface area contributed by atoms with Crippen molar-refractivity contribution in [1.29, 1.82) is 0 Å². The Kier molecular flexibility index (Phi) is 5.02. The van der Waals surface area contributed by atoms with E-state index < -0.39 is 49.0 Å². The Labute approximate surface area is 122 Å². The van der Waals surface area contributed by atoms with Crippen LogP contribution in [0.4, 0.5) is 27.6 Å². The first kappa shape index (κ1) is 18.2. The van der Waals surface area contributed by atoms with E-state index in [1.807, 2.05) is 0 Å². The second kappa shape index (κ2) is 6.08. The summed E-state index contributed by atoms with van der Waals surface area (Å²) in [6.45, 7) is -3.61. The van der Waals surface area contributed by atoms with E-state index in [4.69, 9.17) is 10.7 Å². The fourth-order valence-electron chi connectivity index (χ4n) is 1.26. The predicted molar refractivity (Wildman–Crippen MR) is 59.5 cm³/mol. The zero-order chi connectivity index (χ0) is 17.3. The number of benzene rings is 1. The van der Waals surface area contributed by atoms with Gasteiger partial charge in [0.25, 0.3) is 9.05 Å². The molecule has 0 aliphatic carbocycles. The molecule has 0 saturated heterocycles. The van der Waals surface area contributed by atoms with Gasteiger partial charge in [0.05, 0.1) is 4.92 Å². The van der Waals surface area contributed by atoms with Crippen molar-refractivity contribution in [3.8, 4) is 11.5 Å². The fourth-order valence-corrected chi connectivity index (χ4v) is 2.21. The molecule has 0 aromatic heterocycles. The minimum Gasteiger partial charge on any atom is -0.427 e. The van der Waals surface area contributed by atoms with Crippen LogP contribution in [-0.2, 0) is 9.05 Å². The molecule has 0 atom stereocenters. The number of hydrogen-bond donors (Lipinski definition) is 0. The van der Waals surface area contributed by atoms with E-state index in [0.29, 0.717) is 0 Å². The molecular weight excluding hydrogens is 369 g/mol. The standard InChI is InChI=1S/C8H3ClF5NO6S/c9-22(18,19)6-1-3(15(16)17)4(20-7(10)11)2-5(6)21-8(12,13)14/h1-2,7H. The summed E-state index contributed by atoms with van der Waals surface area (Å²) in [6, 6.07) is -0.00579. The second-order valence-electron chi connectivity index (χ2n) is 3.39. The maximum atomic E-state index is 12.2. The van der Waals surface area contributed by atoms with Gasteiger partial charge in [-0.3, -0.25) is 10.1 Å². The van der Waals surface area contributed by atoms with Gasteiger partial charge in [-0.05, 0) is 0 Å². The first-order valence-electron chi connectivity index (χ1n) is 4.79. The molecule has 0 amide bonds. The molecule has 124 valence electrons. The van der Waals surface area contributed by atoms with Crippen LogP contribution in [-0.4, -0.2) is 26.3 Å². The summed E-state index contributed by atoms with van der Waals surface area (Å²) >= 11 is 0. The number of alkyl halides is 5. The number of nitro benzene ring substituents is 1. The van der Waals surface area contributed by atoms with Crippen LogP contribution in [0.1, 0.15) is 0 Å². The van der Waals surface area contributed by atoms with Gasteiger partial charge in [0.1, 0.15) is 4.90 Å². The van der Waals surface area contributed by atoms with Crippen LogP contribution >= 0.6 is 10.7 Å². The van der Waals surface area contributed by atoms with Gasteiger partial charge in [0, 0.05) is 22.8 Å². The summed E-state index contributed by atoms with van der Waals surface area (Å²) in [4.78, 5) is 7.88. The molecule has 0 radical (unpaired) electrons. The number of halogens is 6. The molecule has 0 aliphatic heterocycles. The minimum absolute atomic E-state index is 0.0150. The number of nitrogens with zero attached hydrogens (tertiary/aromatic N) is 1. The van der Waals surface area contributed by atoms with E-state index in [0.717, 1.165) is 0 Å². The van der Waals surface area contributed by atoms with Crippen LogP contribution < -0.4 is 9.47 Å². The Morgan fingerprint density at radius 3 is 2.14 bits per heavy atom. The third kappa shape index (κ3) is 4.84. The zero-order valence-corrected chi connectivity index (χ0v) is 11.4. The van der Waals surface area contributed by atoms with Gasteiger partial charge in [0.2, 0.25) is 5.75 Å². The molecule has 0 unspecified atom stereocenters. The summed E-state index contributed by atoms with van der Waals surface area (Å²) in [7, 11) is -0.0668. The monoisotopic (exact) mass is 371 g/mol. The number of rotatable bonds is 5. The third-order valence-corrected chi connectivity index (χ3v) is 3.27. The molecule has 0 heterocycles. The van der Waals surface area contributed by atoms with Crippen molar-refractivity contribution in [2.24, 2.45) is 0 Å². The smallest absolute Gasteiger partial charge is 0.427 e. The number of hydrogen-bond acceptors (Lipinski definition) is 6. The van der Waals surface area contributed by atoms with Crippen molar-refractivity contribution in [2.75, 3.05) is 0 Å². The molecule has 0 N–H and O–H groups in total. The summed E-state index contributed by atoms with van der Waals surface area (Å²) < 4.78 is 90.1. The summed E-state index contributed by atoms with van der Waals surface area (Å²) in [5.74, 6) is -2.88. The minimum atomic E-state index is -5.41.